The summed E-state index contributed by atoms with van der Waals surface area (Å²) in [4.78, 5) is 0. The minimum atomic E-state index is 0.273. The van der Waals surface area contributed by atoms with Crippen LogP contribution in [0.1, 0.15) is 26.7 Å². The number of rotatable bonds is 6. The zero-order valence-corrected chi connectivity index (χ0v) is 12.6. The molecule has 0 saturated heterocycles. The van der Waals surface area contributed by atoms with Crippen LogP contribution in [-0.2, 0) is 0 Å². The first-order chi connectivity index (χ1) is 9.14. The molecular formula is C14H22N4S. The van der Waals surface area contributed by atoms with Crippen molar-refractivity contribution in [3.8, 4) is 0 Å². The van der Waals surface area contributed by atoms with Crippen LogP contribution in [0.5, 0.6) is 0 Å². The van der Waals surface area contributed by atoms with Crippen molar-refractivity contribution < 1.29 is 0 Å². The maximum Gasteiger partial charge on any atom is 0.0672 e. The minimum Gasteiger partial charge on any atom is -0.397 e. The molecule has 0 amide bonds. The average Bonchev–Trinajstić information content (AvgIpc) is 2.88. The van der Waals surface area contributed by atoms with Crippen molar-refractivity contribution in [2.75, 3.05) is 23.9 Å². The van der Waals surface area contributed by atoms with Gasteiger partial charge in [-0.2, -0.15) is 16.9 Å². The Morgan fingerprint density at radius 3 is 2.74 bits per heavy atom. The van der Waals surface area contributed by atoms with Gasteiger partial charge < -0.3 is 11.1 Å². The fourth-order valence-corrected chi connectivity index (χ4v) is 3.07. The van der Waals surface area contributed by atoms with Gasteiger partial charge in [0.25, 0.3) is 0 Å². The third-order valence-corrected chi connectivity index (χ3v) is 5.52. The maximum absolute atomic E-state index is 6.09. The van der Waals surface area contributed by atoms with E-state index in [-0.39, 0.29) is 4.75 Å². The first kappa shape index (κ1) is 14.1. The number of hydrogen-bond donors (Lipinski definition) is 3. The predicted molar refractivity (Wildman–Crippen MR) is 85.8 cm³/mol. The quantitative estimate of drug-likeness (QED) is 0.708. The Morgan fingerprint density at radius 2 is 2.11 bits per heavy atom. The van der Waals surface area contributed by atoms with Gasteiger partial charge in [0.2, 0.25) is 0 Å². The van der Waals surface area contributed by atoms with Gasteiger partial charge in [-0.25, -0.2) is 0 Å². The molecule has 0 atom stereocenters. The van der Waals surface area contributed by atoms with Gasteiger partial charge in [-0.05, 0) is 31.2 Å². The van der Waals surface area contributed by atoms with Gasteiger partial charge in [0, 0.05) is 16.7 Å². The molecule has 1 aromatic heterocycles. The number of hydrogen-bond acceptors (Lipinski definition) is 4. The molecule has 104 valence electrons. The van der Waals surface area contributed by atoms with Crippen LogP contribution in [0.15, 0.2) is 18.3 Å². The summed E-state index contributed by atoms with van der Waals surface area (Å²) in [6, 6.07) is 3.99. The van der Waals surface area contributed by atoms with E-state index in [1.807, 2.05) is 23.9 Å². The van der Waals surface area contributed by atoms with Crippen molar-refractivity contribution in [3.63, 3.8) is 0 Å². The van der Waals surface area contributed by atoms with Gasteiger partial charge in [-0.1, -0.05) is 13.8 Å². The van der Waals surface area contributed by atoms with Gasteiger partial charge in [0.1, 0.15) is 0 Å². The largest absolute Gasteiger partial charge is 0.397 e. The number of nitrogens with two attached hydrogens (primary N) is 1. The molecule has 0 aliphatic carbocycles. The number of anilines is 2. The first-order valence-electron chi connectivity index (χ1n) is 6.65. The van der Waals surface area contributed by atoms with E-state index in [4.69, 9.17) is 5.73 Å². The molecule has 0 aliphatic heterocycles. The lowest BCUT2D eigenvalue weighted by Crippen LogP contribution is -2.32. The lowest BCUT2D eigenvalue weighted by molar-refractivity contribution is 0.575. The second kappa shape index (κ2) is 5.74. The highest BCUT2D eigenvalue weighted by atomic mass is 32.2. The van der Waals surface area contributed by atoms with E-state index in [0.717, 1.165) is 41.7 Å². The van der Waals surface area contributed by atoms with E-state index in [9.17, 15) is 0 Å². The molecule has 4 N–H and O–H groups in total. The minimum absolute atomic E-state index is 0.273. The maximum atomic E-state index is 6.09. The fraction of sp³-hybridized carbons (Fsp3) is 0.500. The number of aromatic amines is 1. The summed E-state index contributed by atoms with van der Waals surface area (Å²) < 4.78 is 0.273. The second-order valence-electron chi connectivity index (χ2n) is 4.84. The van der Waals surface area contributed by atoms with E-state index in [2.05, 4.69) is 35.6 Å². The van der Waals surface area contributed by atoms with Crippen molar-refractivity contribution in [1.29, 1.82) is 0 Å². The third kappa shape index (κ3) is 2.81. The summed E-state index contributed by atoms with van der Waals surface area (Å²) >= 11 is 1.92. The number of fused-ring (bicyclic) bond motifs is 1. The van der Waals surface area contributed by atoms with Crippen LogP contribution in [0.25, 0.3) is 10.9 Å². The Balaban J connectivity index is 2.18. The highest BCUT2D eigenvalue weighted by molar-refractivity contribution is 8.00. The summed E-state index contributed by atoms with van der Waals surface area (Å²) in [6.45, 7) is 5.40. The topological polar surface area (TPSA) is 66.7 Å². The molecule has 0 spiro atoms. The Morgan fingerprint density at radius 1 is 1.37 bits per heavy atom. The summed E-state index contributed by atoms with van der Waals surface area (Å²) in [7, 11) is 0. The van der Waals surface area contributed by atoms with Crippen LogP contribution in [0, 0.1) is 0 Å². The van der Waals surface area contributed by atoms with Gasteiger partial charge >= 0.3 is 0 Å². The second-order valence-corrected chi connectivity index (χ2v) is 6.12. The van der Waals surface area contributed by atoms with Gasteiger partial charge in [-0.15, -0.1) is 0 Å². The standard InChI is InChI=1S/C14H22N4S/c1-4-14(5-2,19-3)9-16-13-7-12-10(6-11(13)15)8-17-18-12/h6-8,16H,4-5,9,15H2,1-3H3,(H,17,18). The molecule has 0 aliphatic rings. The van der Waals surface area contributed by atoms with E-state index in [0.29, 0.717) is 0 Å². The molecular weight excluding hydrogens is 256 g/mol. The molecule has 5 heteroatoms. The Kier molecular flexibility index (Phi) is 4.24. The van der Waals surface area contributed by atoms with Crippen molar-refractivity contribution in [2.45, 2.75) is 31.4 Å². The summed E-state index contributed by atoms with van der Waals surface area (Å²) in [5.41, 5.74) is 8.86. The molecule has 0 bridgehead atoms. The number of benzene rings is 1. The van der Waals surface area contributed by atoms with Crippen LogP contribution >= 0.6 is 11.8 Å². The normalized spacial score (nSPS) is 11.9. The Hall–Kier alpha value is -1.36. The van der Waals surface area contributed by atoms with Crippen LogP contribution < -0.4 is 11.1 Å². The molecule has 19 heavy (non-hydrogen) atoms. The number of nitrogen functional groups attached to an aromatic ring is 1. The van der Waals surface area contributed by atoms with E-state index in [1.54, 1.807) is 6.20 Å². The number of nitrogens with one attached hydrogen (secondary N) is 2. The van der Waals surface area contributed by atoms with E-state index in [1.165, 1.54) is 0 Å². The highest BCUT2D eigenvalue weighted by Crippen LogP contribution is 2.32. The average molecular weight is 278 g/mol. The van der Waals surface area contributed by atoms with Crippen molar-refractivity contribution >= 4 is 34.0 Å². The molecule has 2 rings (SSSR count). The van der Waals surface area contributed by atoms with Gasteiger partial charge in [0.15, 0.2) is 0 Å². The predicted octanol–water partition coefficient (Wildman–Crippen LogP) is 3.48. The molecule has 0 fully saturated rings. The number of thioether (sulfide) groups is 1. The Labute approximate surface area is 118 Å². The number of H-pyrrole nitrogens is 1. The van der Waals surface area contributed by atoms with Crippen LogP contribution in [0.3, 0.4) is 0 Å². The SMILES string of the molecule is CCC(CC)(CNc1cc2[nH]ncc2cc1N)SC. The lowest BCUT2D eigenvalue weighted by atomic mass is 10.0. The summed E-state index contributed by atoms with van der Waals surface area (Å²) in [5, 5.41) is 11.5. The third-order valence-electron chi connectivity index (χ3n) is 3.93. The zero-order chi connectivity index (χ0) is 13.9. The van der Waals surface area contributed by atoms with Crippen molar-refractivity contribution in [3.05, 3.63) is 18.3 Å². The summed E-state index contributed by atoms with van der Waals surface area (Å²) in [5.74, 6) is 0. The molecule has 2 aromatic rings. The highest BCUT2D eigenvalue weighted by Gasteiger charge is 2.24. The van der Waals surface area contributed by atoms with Crippen molar-refractivity contribution in [1.82, 2.24) is 10.2 Å². The Bertz CT molecular complexity index is 537. The molecule has 4 nitrogen and oxygen atoms in total. The van der Waals surface area contributed by atoms with Gasteiger partial charge in [0.05, 0.1) is 23.1 Å². The number of nitrogens with zero attached hydrogens (tertiary/aromatic N) is 1. The van der Waals surface area contributed by atoms with Gasteiger partial charge in [-0.3, -0.25) is 5.10 Å². The molecule has 1 heterocycles. The summed E-state index contributed by atoms with van der Waals surface area (Å²) in [6.07, 6.45) is 6.25. The smallest absolute Gasteiger partial charge is 0.0672 e. The van der Waals surface area contributed by atoms with Crippen LogP contribution in [-0.4, -0.2) is 27.7 Å². The van der Waals surface area contributed by atoms with E-state index >= 15 is 0 Å². The molecule has 0 saturated carbocycles. The van der Waals surface area contributed by atoms with Crippen LogP contribution in [0.4, 0.5) is 11.4 Å². The van der Waals surface area contributed by atoms with Crippen molar-refractivity contribution in [2.24, 2.45) is 0 Å². The van der Waals surface area contributed by atoms with Crippen LogP contribution in [0.2, 0.25) is 0 Å². The zero-order valence-electron chi connectivity index (χ0n) is 11.8. The molecule has 1 aromatic carbocycles. The van der Waals surface area contributed by atoms with E-state index < -0.39 is 0 Å². The first-order valence-corrected chi connectivity index (χ1v) is 7.88. The molecule has 0 radical (unpaired) electrons. The monoisotopic (exact) mass is 278 g/mol. The number of aromatic nitrogens is 2. The molecule has 0 unspecified atom stereocenters. The lowest BCUT2D eigenvalue weighted by Gasteiger charge is -2.30. The fourth-order valence-electron chi connectivity index (χ4n) is 2.28.